The molecule has 0 saturated heterocycles. The molecule has 0 unspecified atom stereocenters. The summed E-state index contributed by atoms with van der Waals surface area (Å²) >= 11 is 0. The van der Waals surface area contributed by atoms with Crippen molar-refractivity contribution < 1.29 is 9.90 Å². The third-order valence-corrected chi connectivity index (χ3v) is 3.80. The highest BCUT2D eigenvalue weighted by molar-refractivity contribution is 5.94. The molecule has 24 heavy (non-hydrogen) atoms. The van der Waals surface area contributed by atoms with Crippen LogP contribution in [0.1, 0.15) is 15.9 Å². The van der Waals surface area contributed by atoms with Crippen LogP contribution >= 0.6 is 0 Å². The van der Waals surface area contributed by atoms with E-state index in [0.717, 1.165) is 16.7 Å². The number of carbonyl (C=O) groups excluding carboxylic acids is 1. The van der Waals surface area contributed by atoms with E-state index in [2.05, 4.69) is 4.98 Å². The fourth-order valence-electron chi connectivity index (χ4n) is 2.52. The number of aromatic nitrogens is 1. The zero-order valence-corrected chi connectivity index (χ0v) is 13.4. The number of amides is 1. The summed E-state index contributed by atoms with van der Waals surface area (Å²) < 4.78 is 0. The third-order valence-electron chi connectivity index (χ3n) is 3.80. The van der Waals surface area contributed by atoms with E-state index in [9.17, 15) is 9.90 Å². The molecule has 0 atom stereocenters. The highest BCUT2D eigenvalue weighted by Gasteiger charge is 2.13. The molecule has 1 aromatic heterocycles. The molecule has 3 aromatic rings. The number of pyridine rings is 1. The van der Waals surface area contributed by atoms with E-state index in [0.29, 0.717) is 12.1 Å². The van der Waals surface area contributed by atoms with Crippen molar-refractivity contribution in [1.82, 2.24) is 9.88 Å². The molecule has 0 aliphatic heterocycles. The van der Waals surface area contributed by atoms with Crippen molar-refractivity contribution in [3.05, 3.63) is 84.2 Å². The lowest BCUT2D eigenvalue weighted by Gasteiger charge is -2.17. The van der Waals surface area contributed by atoms with Crippen molar-refractivity contribution in [2.75, 3.05) is 7.05 Å². The normalized spacial score (nSPS) is 10.4. The molecule has 0 radical (unpaired) electrons. The van der Waals surface area contributed by atoms with Crippen molar-refractivity contribution in [2.24, 2.45) is 0 Å². The van der Waals surface area contributed by atoms with E-state index < -0.39 is 0 Å². The van der Waals surface area contributed by atoms with Gasteiger partial charge >= 0.3 is 0 Å². The molecule has 0 fully saturated rings. The van der Waals surface area contributed by atoms with Gasteiger partial charge in [0.25, 0.3) is 5.91 Å². The van der Waals surface area contributed by atoms with Gasteiger partial charge in [-0.3, -0.25) is 9.78 Å². The average molecular weight is 318 g/mol. The zero-order valence-electron chi connectivity index (χ0n) is 13.4. The molecule has 1 N–H and O–H groups in total. The summed E-state index contributed by atoms with van der Waals surface area (Å²) in [6.45, 7) is 0.545. The first-order valence-electron chi connectivity index (χ1n) is 7.67. The van der Waals surface area contributed by atoms with Crippen LogP contribution in [-0.2, 0) is 6.54 Å². The van der Waals surface area contributed by atoms with Crippen LogP contribution in [0.25, 0.3) is 11.1 Å². The number of carbonyl (C=O) groups is 1. The second-order valence-electron chi connectivity index (χ2n) is 5.66. The van der Waals surface area contributed by atoms with Gasteiger partial charge in [-0.25, -0.2) is 0 Å². The molecular weight excluding hydrogens is 300 g/mol. The van der Waals surface area contributed by atoms with Crippen LogP contribution < -0.4 is 0 Å². The van der Waals surface area contributed by atoms with E-state index in [4.69, 9.17) is 0 Å². The lowest BCUT2D eigenvalue weighted by Crippen LogP contribution is -2.26. The van der Waals surface area contributed by atoms with Crippen LogP contribution in [0.2, 0.25) is 0 Å². The minimum Gasteiger partial charge on any atom is -0.508 e. The molecule has 4 heteroatoms. The number of aromatic hydroxyl groups is 1. The van der Waals surface area contributed by atoms with Gasteiger partial charge in [0.1, 0.15) is 5.75 Å². The summed E-state index contributed by atoms with van der Waals surface area (Å²) in [7, 11) is 1.78. The summed E-state index contributed by atoms with van der Waals surface area (Å²) in [4.78, 5) is 18.5. The smallest absolute Gasteiger partial charge is 0.255 e. The molecule has 0 saturated carbocycles. The molecular formula is C20H18N2O2. The van der Waals surface area contributed by atoms with Crippen LogP contribution in [-0.4, -0.2) is 27.9 Å². The molecule has 0 bridgehead atoms. The predicted octanol–water partition coefficient (Wildman–Crippen LogP) is 3.73. The Labute approximate surface area is 141 Å². The number of phenols is 1. The molecule has 0 spiro atoms. The third kappa shape index (κ3) is 3.60. The number of benzene rings is 2. The largest absolute Gasteiger partial charge is 0.508 e. The van der Waals surface area contributed by atoms with Crippen molar-refractivity contribution in [3.63, 3.8) is 0 Å². The van der Waals surface area contributed by atoms with Gasteiger partial charge in [0.05, 0.1) is 5.56 Å². The predicted molar refractivity (Wildman–Crippen MR) is 93.6 cm³/mol. The zero-order chi connectivity index (χ0) is 16.9. The van der Waals surface area contributed by atoms with E-state index in [1.54, 1.807) is 48.6 Å². The minimum atomic E-state index is -0.0769. The summed E-state index contributed by atoms with van der Waals surface area (Å²) in [5.74, 6) is 0.133. The Morgan fingerprint density at radius 3 is 2.42 bits per heavy atom. The van der Waals surface area contributed by atoms with Crippen molar-refractivity contribution in [2.45, 2.75) is 6.54 Å². The minimum absolute atomic E-state index is 0.0769. The van der Waals surface area contributed by atoms with Gasteiger partial charge < -0.3 is 10.0 Å². The Morgan fingerprint density at radius 1 is 1.00 bits per heavy atom. The number of nitrogens with zero attached hydrogens (tertiary/aromatic N) is 2. The molecule has 2 aromatic carbocycles. The molecule has 1 amide bonds. The van der Waals surface area contributed by atoms with Crippen LogP contribution in [0.5, 0.6) is 5.75 Å². The topological polar surface area (TPSA) is 53.4 Å². The fraction of sp³-hybridized carbons (Fsp3) is 0.100. The first-order valence-corrected chi connectivity index (χ1v) is 7.67. The molecule has 0 aliphatic carbocycles. The van der Waals surface area contributed by atoms with Gasteiger partial charge in [-0.2, -0.15) is 0 Å². The Bertz CT molecular complexity index is 830. The maximum Gasteiger partial charge on any atom is 0.255 e. The van der Waals surface area contributed by atoms with Gasteiger partial charge in [-0.05, 0) is 29.3 Å². The van der Waals surface area contributed by atoms with Gasteiger partial charge in [-0.15, -0.1) is 0 Å². The van der Waals surface area contributed by atoms with Gasteiger partial charge in [0, 0.05) is 31.5 Å². The average Bonchev–Trinajstić information content (AvgIpc) is 2.62. The molecule has 1 heterocycles. The van der Waals surface area contributed by atoms with Crippen molar-refractivity contribution in [1.29, 1.82) is 0 Å². The van der Waals surface area contributed by atoms with Crippen LogP contribution in [0, 0.1) is 0 Å². The van der Waals surface area contributed by atoms with Crippen LogP contribution in [0.4, 0.5) is 0 Å². The van der Waals surface area contributed by atoms with Crippen molar-refractivity contribution >= 4 is 5.91 Å². The van der Waals surface area contributed by atoms with Crippen LogP contribution in [0.3, 0.4) is 0 Å². The van der Waals surface area contributed by atoms with Crippen LogP contribution in [0.15, 0.2) is 73.1 Å². The lowest BCUT2D eigenvalue weighted by atomic mass is 10.1. The molecule has 0 aliphatic rings. The number of rotatable bonds is 4. The highest BCUT2D eigenvalue weighted by atomic mass is 16.3. The lowest BCUT2D eigenvalue weighted by molar-refractivity contribution is 0.0784. The fourth-order valence-corrected chi connectivity index (χ4v) is 2.52. The molecule has 3 rings (SSSR count). The van der Waals surface area contributed by atoms with Gasteiger partial charge in [0.2, 0.25) is 0 Å². The van der Waals surface area contributed by atoms with E-state index in [-0.39, 0.29) is 11.7 Å². The van der Waals surface area contributed by atoms with E-state index in [1.165, 1.54) is 0 Å². The molecule has 120 valence electrons. The first kappa shape index (κ1) is 15.7. The van der Waals surface area contributed by atoms with Gasteiger partial charge in [-0.1, -0.05) is 42.5 Å². The summed E-state index contributed by atoms with van der Waals surface area (Å²) in [5, 5.41) is 9.38. The Balaban J connectivity index is 1.80. The van der Waals surface area contributed by atoms with Crippen molar-refractivity contribution in [3.8, 4) is 16.9 Å². The second kappa shape index (κ2) is 6.96. The number of phenolic OH excluding ortho intramolecular Hbond substituents is 1. The number of hydrogen-bond acceptors (Lipinski definition) is 3. The summed E-state index contributed by atoms with van der Waals surface area (Å²) in [6, 6.07) is 18.5. The van der Waals surface area contributed by atoms with Gasteiger partial charge in [0.15, 0.2) is 0 Å². The number of hydrogen-bond donors (Lipinski definition) is 1. The molecule has 4 nitrogen and oxygen atoms in total. The maximum atomic E-state index is 12.6. The highest BCUT2D eigenvalue weighted by Crippen LogP contribution is 2.22. The maximum absolute atomic E-state index is 12.6. The Hall–Kier alpha value is -3.14. The monoisotopic (exact) mass is 318 g/mol. The second-order valence-corrected chi connectivity index (χ2v) is 5.66. The summed E-state index contributed by atoms with van der Waals surface area (Å²) in [5.41, 5.74) is 3.37. The SMILES string of the molecule is CN(Cc1ccccc1)C(=O)c1cncc(-c2ccc(O)cc2)c1. The summed E-state index contributed by atoms with van der Waals surface area (Å²) in [6.07, 6.45) is 3.29. The first-order chi connectivity index (χ1) is 11.6. The Kier molecular flexibility index (Phi) is 4.57. The van der Waals surface area contributed by atoms with E-state index in [1.807, 2.05) is 36.4 Å². The standard InChI is InChI=1S/C20H18N2O2/c1-22(14-15-5-3-2-4-6-15)20(24)18-11-17(12-21-13-18)16-7-9-19(23)10-8-16/h2-13,23H,14H2,1H3. The Morgan fingerprint density at radius 2 is 1.71 bits per heavy atom. The quantitative estimate of drug-likeness (QED) is 0.797. The van der Waals surface area contributed by atoms with E-state index >= 15 is 0 Å².